The van der Waals surface area contributed by atoms with Crippen LogP contribution in [-0.4, -0.2) is 70.9 Å². The lowest BCUT2D eigenvalue weighted by atomic mass is 10.3. The largest absolute Gasteiger partial charge is 0.339 e. The lowest BCUT2D eigenvalue weighted by Gasteiger charge is -2.34. The molecule has 0 unspecified atom stereocenters. The van der Waals surface area contributed by atoms with Gasteiger partial charge in [0.1, 0.15) is 0 Å². The highest BCUT2D eigenvalue weighted by Gasteiger charge is 2.29. The zero-order chi connectivity index (χ0) is 17.1. The van der Waals surface area contributed by atoms with Crippen molar-refractivity contribution in [3.05, 3.63) is 30.3 Å². The number of carbonyl (C=O) groups excluding carboxylic acids is 1. The molecule has 0 atom stereocenters. The fraction of sp³-hybridized carbons (Fsp3) is 0.462. The Balaban J connectivity index is 1.95. The number of hydrogen-bond donors (Lipinski definition) is 1. The number of nitrogens with zero attached hydrogens (tertiary/aromatic N) is 2. The van der Waals surface area contributed by atoms with Gasteiger partial charge in [-0.2, -0.15) is 4.31 Å². The van der Waals surface area contributed by atoms with E-state index in [4.69, 9.17) is 0 Å². The number of benzene rings is 1. The van der Waals surface area contributed by atoms with Crippen molar-refractivity contribution >= 4 is 26.0 Å². The van der Waals surface area contributed by atoms with E-state index in [1.165, 1.54) is 21.3 Å². The average molecular weight is 361 g/mol. The SMILES string of the molecule is CS(=O)(=O)NCC(=O)N1CCN(S(=O)(=O)c2ccccc2)CC1. The molecule has 0 spiro atoms. The summed E-state index contributed by atoms with van der Waals surface area (Å²) in [6, 6.07) is 8.11. The summed E-state index contributed by atoms with van der Waals surface area (Å²) in [6.45, 7) is 0.515. The first-order valence-electron chi connectivity index (χ1n) is 6.98. The minimum atomic E-state index is -3.56. The molecular weight excluding hydrogens is 342 g/mol. The van der Waals surface area contributed by atoms with Gasteiger partial charge in [0.15, 0.2) is 0 Å². The smallest absolute Gasteiger partial charge is 0.243 e. The number of carbonyl (C=O) groups is 1. The van der Waals surface area contributed by atoms with Crippen LogP contribution in [0.5, 0.6) is 0 Å². The van der Waals surface area contributed by atoms with Crippen molar-refractivity contribution in [1.82, 2.24) is 13.9 Å². The first-order chi connectivity index (χ1) is 10.7. The molecule has 0 saturated carbocycles. The Labute approximate surface area is 136 Å². The molecule has 0 radical (unpaired) electrons. The van der Waals surface area contributed by atoms with Gasteiger partial charge in [0, 0.05) is 26.2 Å². The summed E-state index contributed by atoms with van der Waals surface area (Å²) in [5.41, 5.74) is 0. The van der Waals surface area contributed by atoms with Crippen LogP contribution in [0.25, 0.3) is 0 Å². The van der Waals surface area contributed by atoms with Gasteiger partial charge in [-0.05, 0) is 12.1 Å². The zero-order valence-electron chi connectivity index (χ0n) is 12.7. The first-order valence-corrected chi connectivity index (χ1v) is 10.3. The molecule has 128 valence electrons. The van der Waals surface area contributed by atoms with E-state index >= 15 is 0 Å². The summed E-state index contributed by atoms with van der Waals surface area (Å²) in [5.74, 6) is -0.368. The van der Waals surface area contributed by atoms with E-state index in [0.29, 0.717) is 0 Å². The molecule has 1 amide bonds. The molecule has 0 bridgehead atoms. The lowest BCUT2D eigenvalue weighted by Crippen LogP contribution is -2.52. The first kappa shape index (κ1) is 17.9. The lowest BCUT2D eigenvalue weighted by molar-refractivity contribution is -0.131. The quantitative estimate of drug-likeness (QED) is 0.730. The van der Waals surface area contributed by atoms with E-state index in [9.17, 15) is 21.6 Å². The van der Waals surface area contributed by atoms with Crippen LogP contribution in [0.15, 0.2) is 35.2 Å². The number of sulfonamides is 2. The molecule has 1 aliphatic rings. The fourth-order valence-electron chi connectivity index (χ4n) is 2.22. The Morgan fingerprint density at radius 1 is 1.04 bits per heavy atom. The van der Waals surface area contributed by atoms with Crippen molar-refractivity contribution in [1.29, 1.82) is 0 Å². The van der Waals surface area contributed by atoms with Crippen LogP contribution in [0.2, 0.25) is 0 Å². The molecule has 8 nitrogen and oxygen atoms in total. The summed E-state index contributed by atoms with van der Waals surface area (Å²) >= 11 is 0. The molecular formula is C13H19N3O5S2. The van der Waals surface area contributed by atoms with E-state index in [-0.39, 0.29) is 43.5 Å². The third kappa shape index (κ3) is 4.74. The van der Waals surface area contributed by atoms with Gasteiger partial charge in [0.25, 0.3) is 0 Å². The molecule has 1 N–H and O–H groups in total. The van der Waals surface area contributed by atoms with Gasteiger partial charge in [0.2, 0.25) is 26.0 Å². The van der Waals surface area contributed by atoms with E-state index in [1.807, 2.05) is 0 Å². The van der Waals surface area contributed by atoms with E-state index in [1.54, 1.807) is 18.2 Å². The number of hydrogen-bond acceptors (Lipinski definition) is 5. The van der Waals surface area contributed by atoms with Crippen molar-refractivity contribution in [3.8, 4) is 0 Å². The molecule has 1 aromatic rings. The van der Waals surface area contributed by atoms with Gasteiger partial charge in [-0.1, -0.05) is 18.2 Å². The molecule has 1 aliphatic heterocycles. The van der Waals surface area contributed by atoms with E-state index in [2.05, 4.69) is 4.72 Å². The Hall–Kier alpha value is -1.49. The molecule has 1 saturated heterocycles. The molecule has 23 heavy (non-hydrogen) atoms. The van der Waals surface area contributed by atoms with Gasteiger partial charge >= 0.3 is 0 Å². The van der Waals surface area contributed by atoms with Crippen molar-refractivity contribution < 1.29 is 21.6 Å². The monoisotopic (exact) mass is 361 g/mol. The maximum absolute atomic E-state index is 12.5. The highest BCUT2D eigenvalue weighted by atomic mass is 32.2. The molecule has 10 heteroatoms. The normalized spacial score (nSPS) is 17.2. The van der Waals surface area contributed by atoms with Crippen LogP contribution in [0, 0.1) is 0 Å². The third-order valence-electron chi connectivity index (χ3n) is 3.46. The Morgan fingerprint density at radius 2 is 1.61 bits per heavy atom. The van der Waals surface area contributed by atoms with Crippen molar-refractivity contribution in [2.45, 2.75) is 4.90 Å². The Kier molecular flexibility index (Phi) is 5.40. The predicted octanol–water partition coefficient (Wildman–Crippen LogP) is -0.931. The number of amides is 1. The minimum Gasteiger partial charge on any atom is -0.339 e. The van der Waals surface area contributed by atoms with Crippen LogP contribution in [0.3, 0.4) is 0 Å². The summed E-state index contributed by atoms with van der Waals surface area (Å²) in [5, 5.41) is 0. The second kappa shape index (κ2) is 6.95. The molecule has 1 aromatic carbocycles. The standard InChI is InChI=1S/C13H19N3O5S2/c1-22(18,19)14-11-13(17)15-7-9-16(10-8-15)23(20,21)12-5-3-2-4-6-12/h2-6,14H,7-11H2,1H3. The van der Waals surface area contributed by atoms with Crippen LogP contribution in [0.4, 0.5) is 0 Å². The van der Waals surface area contributed by atoms with Gasteiger partial charge in [-0.15, -0.1) is 0 Å². The number of nitrogens with one attached hydrogen (secondary N) is 1. The summed E-state index contributed by atoms with van der Waals surface area (Å²) in [7, 11) is -6.99. The van der Waals surface area contributed by atoms with Crippen LogP contribution < -0.4 is 4.72 Å². The molecule has 1 heterocycles. The van der Waals surface area contributed by atoms with Crippen molar-refractivity contribution in [3.63, 3.8) is 0 Å². The van der Waals surface area contributed by atoms with Crippen LogP contribution in [-0.2, 0) is 24.8 Å². The Bertz CT molecular complexity index is 754. The zero-order valence-corrected chi connectivity index (χ0v) is 14.3. The second-order valence-corrected chi connectivity index (χ2v) is 8.96. The highest BCUT2D eigenvalue weighted by Crippen LogP contribution is 2.17. The van der Waals surface area contributed by atoms with Crippen molar-refractivity contribution in [2.75, 3.05) is 39.0 Å². The van der Waals surface area contributed by atoms with Crippen LogP contribution >= 0.6 is 0 Å². The van der Waals surface area contributed by atoms with Gasteiger partial charge in [0.05, 0.1) is 17.7 Å². The van der Waals surface area contributed by atoms with Gasteiger partial charge in [-0.25, -0.2) is 21.6 Å². The average Bonchev–Trinajstić information content (AvgIpc) is 2.53. The maximum Gasteiger partial charge on any atom is 0.243 e. The van der Waals surface area contributed by atoms with E-state index < -0.39 is 20.0 Å². The third-order valence-corrected chi connectivity index (χ3v) is 6.04. The van der Waals surface area contributed by atoms with E-state index in [0.717, 1.165) is 6.26 Å². The van der Waals surface area contributed by atoms with Crippen molar-refractivity contribution in [2.24, 2.45) is 0 Å². The topological polar surface area (TPSA) is 104 Å². The van der Waals surface area contributed by atoms with Gasteiger partial charge < -0.3 is 4.90 Å². The predicted molar refractivity (Wildman–Crippen MR) is 84.6 cm³/mol. The second-order valence-electron chi connectivity index (χ2n) is 5.19. The molecule has 0 aromatic heterocycles. The molecule has 0 aliphatic carbocycles. The summed E-state index contributed by atoms with van der Waals surface area (Å²) < 4.78 is 50.3. The summed E-state index contributed by atoms with van der Waals surface area (Å²) in [6.07, 6.45) is 0.977. The number of rotatable bonds is 5. The van der Waals surface area contributed by atoms with Gasteiger partial charge in [-0.3, -0.25) is 4.79 Å². The highest BCUT2D eigenvalue weighted by molar-refractivity contribution is 7.89. The molecule has 2 rings (SSSR count). The Morgan fingerprint density at radius 3 is 2.13 bits per heavy atom. The minimum absolute atomic E-state index is 0.182. The van der Waals surface area contributed by atoms with Crippen LogP contribution in [0.1, 0.15) is 0 Å². The number of piperazine rings is 1. The summed E-state index contributed by atoms with van der Waals surface area (Å²) in [4.78, 5) is 13.6. The molecule has 1 fully saturated rings. The maximum atomic E-state index is 12.5. The fourth-order valence-corrected chi connectivity index (χ4v) is 4.05.